The lowest BCUT2D eigenvalue weighted by atomic mass is 10.1. The SMILES string of the molecule is CC(=O)c1ccccc1NC(=O)CN1CCOC(CN)C1. The second-order valence-corrected chi connectivity index (χ2v) is 5.11. The molecule has 3 N–H and O–H groups in total. The number of morpholine rings is 1. The summed E-state index contributed by atoms with van der Waals surface area (Å²) in [6.45, 7) is 4.14. The molecule has 1 atom stereocenters. The van der Waals surface area contributed by atoms with Gasteiger partial charge < -0.3 is 15.8 Å². The number of para-hydroxylation sites is 1. The summed E-state index contributed by atoms with van der Waals surface area (Å²) in [5.41, 5.74) is 6.66. The molecule has 0 aliphatic carbocycles. The molecule has 114 valence electrons. The number of hydrogen-bond donors (Lipinski definition) is 2. The van der Waals surface area contributed by atoms with Gasteiger partial charge in [-0.1, -0.05) is 12.1 Å². The Morgan fingerprint density at radius 2 is 2.19 bits per heavy atom. The lowest BCUT2D eigenvalue weighted by Gasteiger charge is -2.31. The van der Waals surface area contributed by atoms with Crippen molar-refractivity contribution in [2.45, 2.75) is 13.0 Å². The van der Waals surface area contributed by atoms with Crippen molar-refractivity contribution < 1.29 is 14.3 Å². The van der Waals surface area contributed by atoms with Gasteiger partial charge in [-0.15, -0.1) is 0 Å². The maximum Gasteiger partial charge on any atom is 0.238 e. The van der Waals surface area contributed by atoms with Gasteiger partial charge >= 0.3 is 0 Å². The summed E-state index contributed by atoms with van der Waals surface area (Å²) >= 11 is 0. The minimum Gasteiger partial charge on any atom is -0.374 e. The highest BCUT2D eigenvalue weighted by Gasteiger charge is 2.21. The first-order valence-corrected chi connectivity index (χ1v) is 7.04. The van der Waals surface area contributed by atoms with Crippen LogP contribution in [0.2, 0.25) is 0 Å². The Morgan fingerprint density at radius 1 is 1.43 bits per heavy atom. The highest BCUT2D eigenvalue weighted by Crippen LogP contribution is 2.15. The van der Waals surface area contributed by atoms with Crippen LogP contribution in [0, 0.1) is 0 Å². The minimum atomic E-state index is -0.138. The predicted molar refractivity (Wildman–Crippen MR) is 80.3 cm³/mol. The Morgan fingerprint density at radius 3 is 2.90 bits per heavy atom. The number of amides is 1. The van der Waals surface area contributed by atoms with E-state index in [-0.39, 0.29) is 24.3 Å². The van der Waals surface area contributed by atoms with Gasteiger partial charge in [-0.05, 0) is 19.1 Å². The highest BCUT2D eigenvalue weighted by molar-refractivity contribution is 6.04. The molecule has 1 heterocycles. The minimum absolute atomic E-state index is 0.0175. The average Bonchev–Trinajstić information content (AvgIpc) is 2.47. The molecule has 1 aromatic carbocycles. The number of carbonyl (C=O) groups excluding carboxylic acids is 2. The molecule has 2 rings (SSSR count). The van der Waals surface area contributed by atoms with E-state index in [1.165, 1.54) is 6.92 Å². The molecular weight excluding hydrogens is 270 g/mol. The van der Waals surface area contributed by atoms with Crippen molar-refractivity contribution >= 4 is 17.4 Å². The highest BCUT2D eigenvalue weighted by atomic mass is 16.5. The van der Waals surface area contributed by atoms with Crippen molar-refractivity contribution in [2.75, 3.05) is 38.1 Å². The maximum absolute atomic E-state index is 12.1. The summed E-state index contributed by atoms with van der Waals surface area (Å²) in [4.78, 5) is 25.6. The van der Waals surface area contributed by atoms with E-state index in [0.29, 0.717) is 37.5 Å². The molecule has 0 bridgehead atoms. The molecule has 0 aromatic heterocycles. The second-order valence-electron chi connectivity index (χ2n) is 5.11. The average molecular weight is 291 g/mol. The van der Waals surface area contributed by atoms with Crippen LogP contribution in [0.5, 0.6) is 0 Å². The fourth-order valence-electron chi connectivity index (χ4n) is 2.36. The largest absolute Gasteiger partial charge is 0.374 e. The van der Waals surface area contributed by atoms with E-state index in [1.807, 2.05) is 4.90 Å². The van der Waals surface area contributed by atoms with Gasteiger partial charge in [-0.3, -0.25) is 14.5 Å². The normalized spacial score (nSPS) is 19.2. The molecule has 1 amide bonds. The number of nitrogens with two attached hydrogens (primary N) is 1. The van der Waals surface area contributed by atoms with E-state index in [2.05, 4.69) is 5.32 Å². The zero-order valence-corrected chi connectivity index (χ0v) is 12.2. The van der Waals surface area contributed by atoms with Crippen molar-refractivity contribution in [3.63, 3.8) is 0 Å². The zero-order valence-electron chi connectivity index (χ0n) is 12.2. The lowest BCUT2D eigenvalue weighted by molar-refractivity contribution is -0.119. The van der Waals surface area contributed by atoms with Crippen LogP contribution >= 0.6 is 0 Å². The fourth-order valence-corrected chi connectivity index (χ4v) is 2.36. The van der Waals surface area contributed by atoms with Gasteiger partial charge in [0.15, 0.2) is 5.78 Å². The van der Waals surface area contributed by atoms with Gasteiger partial charge in [-0.2, -0.15) is 0 Å². The van der Waals surface area contributed by atoms with Gasteiger partial charge in [0.1, 0.15) is 0 Å². The molecule has 1 aromatic rings. The molecule has 1 aliphatic rings. The van der Waals surface area contributed by atoms with E-state index in [9.17, 15) is 9.59 Å². The number of anilines is 1. The van der Waals surface area contributed by atoms with Crippen molar-refractivity contribution in [3.05, 3.63) is 29.8 Å². The number of benzene rings is 1. The predicted octanol–water partition coefficient (Wildman–Crippen LogP) is 0.487. The number of ether oxygens (including phenoxy) is 1. The second kappa shape index (κ2) is 7.31. The van der Waals surface area contributed by atoms with Crippen molar-refractivity contribution in [2.24, 2.45) is 5.73 Å². The molecule has 0 saturated carbocycles. The fraction of sp³-hybridized carbons (Fsp3) is 0.467. The third-order valence-corrected chi connectivity index (χ3v) is 3.43. The third-order valence-electron chi connectivity index (χ3n) is 3.43. The van der Waals surface area contributed by atoms with E-state index in [0.717, 1.165) is 0 Å². The first-order valence-electron chi connectivity index (χ1n) is 7.04. The monoisotopic (exact) mass is 291 g/mol. The third kappa shape index (κ3) is 4.35. The molecule has 1 unspecified atom stereocenters. The molecule has 6 heteroatoms. The van der Waals surface area contributed by atoms with Gasteiger partial charge in [-0.25, -0.2) is 0 Å². The van der Waals surface area contributed by atoms with Crippen molar-refractivity contribution in [3.8, 4) is 0 Å². The Balaban J connectivity index is 1.94. The van der Waals surface area contributed by atoms with E-state index < -0.39 is 0 Å². The Labute approximate surface area is 124 Å². The maximum atomic E-state index is 12.1. The van der Waals surface area contributed by atoms with E-state index >= 15 is 0 Å². The number of carbonyl (C=O) groups is 2. The van der Waals surface area contributed by atoms with Crippen LogP contribution in [0.1, 0.15) is 17.3 Å². The van der Waals surface area contributed by atoms with Crippen molar-refractivity contribution in [1.82, 2.24) is 4.90 Å². The summed E-state index contributed by atoms with van der Waals surface area (Å²) in [5, 5.41) is 2.80. The number of Topliss-reactive ketones (excluding diaryl/α,β-unsaturated/α-hetero) is 1. The quantitative estimate of drug-likeness (QED) is 0.771. The standard InChI is InChI=1S/C15H21N3O3/c1-11(19)13-4-2-3-5-14(13)17-15(20)10-18-6-7-21-12(8-16)9-18/h2-5,12H,6-10,16H2,1H3,(H,17,20). The molecule has 1 saturated heterocycles. The smallest absolute Gasteiger partial charge is 0.238 e. The molecule has 0 spiro atoms. The van der Waals surface area contributed by atoms with Crippen LogP contribution in [0.3, 0.4) is 0 Å². The summed E-state index contributed by atoms with van der Waals surface area (Å²) < 4.78 is 5.46. The van der Waals surface area contributed by atoms with Crippen LogP contribution in [-0.2, 0) is 9.53 Å². The van der Waals surface area contributed by atoms with E-state index in [1.54, 1.807) is 24.3 Å². The summed E-state index contributed by atoms with van der Waals surface area (Å²) in [7, 11) is 0. The van der Waals surface area contributed by atoms with Gasteiger partial charge in [0, 0.05) is 25.2 Å². The Kier molecular flexibility index (Phi) is 5.44. The lowest BCUT2D eigenvalue weighted by Crippen LogP contribution is -2.48. The van der Waals surface area contributed by atoms with Gasteiger partial charge in [0.25, 0.3) is 0 Å². The summed E-state index contributed by atoms with van der Waals surface area (Å²) in [6.07, 6.45) is -0.0175. The molecule has 0 radical (unpaired) electrons. The molecule has 6 nitrogen and oxygen atoms in total. The number of nitrogens with zero attached hydrogens (tertiary/aromatic N) is 1. The first kappa shape index (κ1) is 15.6. The molecule has 1 aliphatic heterocycles. The summed E-state index contributed by atoms with van der Waals surface area (Å²) in [5.74, 6) is -0.207. The Hall–Kier alpha value is -1.76. The van der Waals surface area contributed by atoms with Gasteiger partial charge in [0.2, 0.25) is 5.91 Å². The topological polar surface area (TPSA) is 84.7 Å². The van der Waals surface area contributed by atoms with Crippen molar-refractivity contribution in [1.29, 1.82) is 0 Å². The number of hydrogen-bond acceptors (Lipinski definition) is 5. The van der Waals surface area contributed by atoms with Gasteiger partial charge in [0.05, 0.1) is 24.9 Å². The molecule has 21 heavy (non-hydrogen) atoms. The number of nitrogens with one attached hydrogen (secondary N) is 1. The first-order chi connectivity index (χ1) is 10.1. The van der Waals surface area contributed by atoms with Crippen LogP contribution in [-0.4, -0.2) is 55.5 Å². The van der Waals surface area contributed by atoms with Crippen LogP contribution < -0.4 is 11.1 Å². The van der Waals surface area contributed by atoms with Crippen LogP contribution in [0.15, 0.2) is 24.3 Å². The van der Waals surface area contributed by atoms with E-state index in [4.69, 9.17) is 10.5 Å². The molecular formula is C15H21N3O3. The van der Waals surface area contributed by atoms with Crippen LogP contribution in [0.25, 0.3) is 0 Å². The molecule has 1 fully saturated rings. The number of ketones is 1. The van der Waals surface area contributed by atoms with Crippen LogP contribution in [0.4, 0.5) is 5.69 Å². The number of rotatable bonds is 5. The zero-order chi connectivity index (χ0) is 15.2. The summed E-state index contributed by atoms with van der Waals surface area (Å²) in [6, 6.07) is 7.01. The Bertz CT molecular complexity index is 519.